The van der Waals surface area contributed by atoms with Crippen molar-refractivity contribution >= 4 is 40.3 Å². The number of rotatable bonds is 5. The Hall–Kier alpha value is -3.40. The van der Waals surface area contributed by atoms with E-state index >= 15 is 0 Å². The van der Waals surface area contributed by atoms with Gasteiger partial charge >= 0.3 is 17.8 Å². The Morgan fingerprint density at radius 1 is 1.21 bits per heavy atom. The maximum atomic E-state index is 12.2. The van der Waals surface area contributed by atoms with Crippen molar-refractivity contribution < 1.29 is 29.0 Å². The number of hydrazone groups is 1. The third-order valence-corrected chi connectivity index (χ3v) is 5.53. The van der Waals surface area contributed by atoms with Gasteiger partial charge in [-0.3, -0.25) is 9.59 Å². The van der Waals surface area contributed by atoms with E-state index in [0.29, 0.717) is 16.1 Å². The van der Waals surface area contributed by atoms with Crippen LogP contribution in [0, 0.1) is 0 Å². The van der Waals surface area contributed by atoms with Crippen molar-refractivity contribution in [2.75, 3.05) is 19.5 Å². The van der Waals surface area contributed by atoms with Gasteiger partial charge in [0.05, 0.1) is 26.0 Å². The number of ether oxygens (including phenoxy) is 2. The van der Waals surface area contributed by atoms with Crippen LogP contribution in [-0.2, 0) is 27.2 Å². The number of fused-ring (bicyclic) bond motifs is 1. The van der Waals surface area contributed by atoms with Crippen molar-refractivity contribution in [3.8, 4) is 11.5 Å². The van der Waals surface area contributed by atoms with Gasteiger partial charge in [-0.15, -0.1) is 11.3 Å². The summed E-state index contributed by atoms with van der Waals surface area (Å²) in [5.74, 6) is -2.26. The molecule has 2 aromatic rings. The summed E-state index contributed by atoms with van der Waals surface area (Å²) in [4.78, 5) is 37.3. The molecule has 1 aliphatic carbocycles. The molecular formula is C19H19N3O6S. The topological polar surface area (TPSA) is 126 Å². The van der Waals surface area contributed by atoms with E-state index in [4.69, 9.17) is 9.47 Å². The summed E-state index contributed by atoms with van der Waals surface area (Å²) in [6.07, 6.45) is 3.80. The largest absolute Gasteiger partial charge is 0.504 e. The van der Waals surface area contributed by atoms with Crippen LogP contribution in [0.25, 0.3) is 0 Å². The molecule has 0 saturated carbocycles. The molecule has 10 heteroatoms. The number of phenolic OH excluding ortho intramolecular Hbond substituents is 1. The highest BCUT2D eigenvalue weighted by atomic mass is 32.1. The Bertz CT molecular complexity index is 998. The van der Waals surface area contributed by atoms with Crippen LogP contribution >= 0.6 is 11.3 Å². The molecule has 0 spiro atoms. The number of nitrogens with zero attached hydrogens (tertiary/aromatic N) is 1. The molecule has 0 aliphatic heterocycles. The van der Waals surface area contributed by atoms with Crippen LogP contribution in [0.5, 0.6) is 11.5 Å². The third kappa shape index (κ3) is 4.37. The van der Waals surface area contributed by atoms with E-state index in [2.05, 4.69) is 15.8 Å². The lowest BCUT2D eigenvalue weighted by atomic mass is 10.1. The second-order valence-electron chi connectivity index (χ2n) is 6.14. The number of methoxy groups -OCH3 is 2. The number of esters is 1. The number of amides is 2. The van der Waals surface area contributed by atoms with Crippen LogP contribution in [0.2, 0.25) is 0 Å². The van der Waals surface area contributed by atoms with Gasteiger partial charge in [-0.25, -0.2) is 10.2 Å². The number of nitrogens with one attached hydrogen (secondary N) is 2. The summed E-state index contributed by atoms with van der Waals surface area (Å²) in [7, 11) is 2.68. The minimum Gasteiger partial charge on any atom is -0.504 e. The molecule has 1 aromatic carbocycles. The molecule has 3 N–H and O–H groups in total. The Kier molecular flexibility index (Phi) is 6.13. The first-order valence-corrected chi connectivity index (χ1v) is 9.50. The molecule has 0 fully saturated rings. The van der Waals surface area contributed by atoms with Gasteiger partial charge in [-0.05, 0) is 48.6 Å². The highest BCUT2D eigenvalue weighted by molar-refractivity contribution is 7.17. The number of anilines is 1. The lowest BCUT2D eigenvalue weighted by Crippen LogP contribution is -2.32. The molecule has 3 rings (SSSR count). The first-order chi connectivity index (χ1) is 13.9. The van der Waals surface area contributed by atoms with Crippen LogP contribution in [0.3, 0.4) is 0 Å². The maximum absolute atomic E-state index is 12.2. The van der Waals surface area contributed by atoms with Crippen molar-refractivity contribution in [2.45, 2.75) is 19.3 Å². The smallest absolute Gasteiger partial charge is 0.341 e. The quantitative estimate of drug-likeness (QED) is 0.295. The van der Waals surface area contributed by atoms with Gasteiger partial charge in [-0.1, -0.05) is 0 Å². The average molecular weight is 417 g/mol. The number of aryl methyl sites for hydroxylation is 1. The van der Waals surface area contributed by atoms with Gasteiger partial charge in [0.1, 0.15) is 5.00 Å². The molecule has 0 radical (unpaired) electrons. The van der Waals surface area contributed by atoms with Crippen LogP contribution < -0.4 is 15.5 Å². The van der Waals surface area contributed by atoms with Crippen LogP contribution in [0.1, 0.15) is 32.8 Å². The molecule has 0 bridgehead atoms. The predicted octanol–water partition coefficient (Wildman–Crippen LogP) is 1.83. The Morgan fingerprint density at radius 2 is 2.00 bits per heavy atom. The van der Waals surface area contributed by atoms with E-state index in [0.717, 1.165) is 29.7 Å². The Balaban J connectivity index is 1.66. The zero-order chi connectivity index (χ0) is 21.0. The monoisotopic (exact) mass is 417 g/mol. The number of benzene rings is 1. The lowest BCUT2D eigenvalue weighted by molar-refractivity contribution is -0.136. The highest BCUT2D eigenvalue weighted by Crippen LogP contribution is 2.39. The van der Waals surface area contributed by atoms with Crippen LogP contribution in [-0.4, -0.2) is 43.3 Å². The summed E-state index contributed by atoms with van der Waals surface area (Å²) >= 11 is 1.28. The fourth-order valence-electron chi connectivity index (χ4n) is 2.96. The number of phenols is 1. The first kappa shape index (κ1) is 20.3. The normalized spacial score (nSPS) is 12.5. The summed E-state index contributed by atoms with van der Waals surface area (Å²) in [5, 5.41) is 16.1. The first-order valence-electron chi connectivity index (χ1n) is 8.68. The molecule has 29 heavy (non-hydrogen) atoms. The van der Waals surface area contributed by atoms with Crippen molar-refractivity contribution in [2.24, 2.45) is 5.10 Å². The molecule has 1 aliphatic rings. The minimum absolute atomic E-state index is 0.0303. The van der Waals surface area contributed by atoms with Gasteiger partial charge in [0, 0.05) is 4.88 Å². The molecule has 152 valence electrons. The zero-order valence-corrected chi connectivity index (χ0v) is 16.6. The number of carbonyl (C=O) groups excluding carboxylic acids is 3. The summed E-state index contributed by atoms with van der Waals surface area (Å²) in [6.45, 7) is 0. The average Bonchev–Trinajstić information content (AvgIpc) is 3.29. The number of carbonyl (C=O) groups is 3. The van der Waals surface area contributed by atoms with E-state index in [-0.39, 0.29) is 11.5 Å². The van der Waals surface area contributed by atoms with Crippen molar-refractivity contribution in [3.63, 3.8) is 0 Å². The minimum atomic E-state index is -0.989. The molecular weight excluding hydrogens is 398 g/mol. The van der Waals surface area contributed by atoms with Crippen molar-refractivity contribution in [1.29, 1.82) is 0 Å². The van der Waals surface area contributed by atoms with E-state index in [1.165, 1.54) is 43.9 Å². The third-order valence-electron chi connectivity index (χ3n) is 4.33. The van der Waals surface area contributed by atoms with Crippen LogP contribution in [0.15, 0.2) is 23.3 Å². The van der Waals surface area contributed by atoms with Gasteiger partial charge in [0.15, 0.2) is 11.5 Å². The number of hydrogen-bond donors (Lipinski definition) is 3. The van der Waals surface area contributed by atoms with Crippen LogP contribution in [0.4, 0.5) is 5.00 Å². The maximum Gasteiger partial charge on any atom is 0.341 e. The van der Waals surface area contributed by atoms with Crippen molar-refractivity contribution in [3.05, 3.63) is 39.8 Å². The standard InChI is InChI=1S/C19H19N3O6S/c1-27-13-8-10(6-7-12(13)23)9-20-22-17(25)16(24)21-18-15(19(26)28-2)11-4-3-5-14(11)29-18/h6-9,23H,3-5H2,1-2H3,(H,21,24)(H,22,25). The van der Waals surface area contributed by atoms with E-state index in [1.54, 1.807) is 6.07 Å². The Labute approximate surface area is 170 Å². The van der Waals surface area contributed by atoms with E-state index in [1.807, 2.05) is 0 Å². The van der Waals surface area contributed by atoms with Gasteiger partial charge in [0.2, 0.25) is 0 Å². The van der Waals surface area contributed by atoms with E-state index in [9.17, 15) is 19.5 Å². The SMILES string of the molecule is COC(=O)c1c(NC(=O)C(=O)NN=Cc2ccc(O)c(OC)c2)sc2c1CCC2. The Morgan fingerprint density at radius 3 is 2.72 bits per heavy atom. The summed E-state index contributed by atoms with van der Waals surface area (Å²) < 4.78 is 9.79. The molecule has 1 aromatic heterocycles. The molecule has 2 amide bonds. The fourth-order valence-corrected chi connectivity index (χ4v) is 4.23. The fraction of sp³-hybridized carbons (Fsp3) is 0.263. The number of hydrogen-bond acceptors (Lipinski definition) is 8. The molecule has 0 atom stereocenters. The van der Waals surface area contributed by atoms with E-state index < -0.39 is 17.8 Å². The lowest BCUT2D eigenvalue weighted by Gasteiger charge is -2.06. The van der Waals surface area contributed by atoms with Gasteiger partial charge in [-0.2, -0.15) is 5.10 Å². The zero-order valence-electron chi connectivity index (χ0n) is 15.8. The van der Waals surface area contributed by atoms with Gasteiger partial charge < -0.3 is 19.9 Å². The van der Waals surface area contributed by atoms with Crippen molar-refractivity contribution in [1.82, 2.24) is 5.43 Å². The molecule has 0 unspecified atom stereocenters. The summed E-state index contributed by atoms with van der Waals surface area (Å²) in [6, 6.07) is 4.49. The molecule has 9 nitrogen and oxygen atoms in total. The second kappa shape index (κ2) is 8.74. The second-order valence-corrected chi connectivity index (χ2v) is 7.24. The number of thiophene rings is 1. The predicted molar refractivity (Wildman–Crippen MR) is 107 cm³/mol. The summed E-state index contributed by atoms with van der Waals surface area (Å²) in [5.41, 5.74) is 3.85. The molecule has 1 heterocycles. The highest BCUT2D eigenvalue weighted by Gasteiger charge is 2.29. The van der Waals surface area contributed by atoms with Gasteiger partial charge in [0.25, 0.3) is 0 Å². The molecule has 0 saturated heterocycles. The number of aromatic hydroxyl groups is 1.